The first-order chi connectivity index (χ1) is 6.85. The number of carbonyl (C=O) groups excluding carboxylic acids is 1. The van der Waals surface area contributed by atoms with E-state index in [0.717, 1.165) is 0 Å². The molecule has 0 fully saturated rings. The number of hydrogen-bond acceptors (Lipinski definition) is 4. The second-order valence-electron chi connectivity index (χ2n) is 4.38. The van der Waals surface area contributed by atoms with Gasteiger partial charge in [-0.15, -0.1) is 0 Å². The minimum atomic E-state index is -0.457. The molecule has 15 heavy (non-hydrogen) atoms. The van der Waals surface area contributed by atoms with E-state index < -0.39 is 6.09 Å². The number of aliphatic hydroxyl groups is 1. The van der Waals surface area contributed by atoms with Crippen molar-refractivity contribution in [1.29, 1.82) is 0 Å². The average Bonchev–Trinajstić information content (AvgIpc) is 2.08. The average molecular weight is 219 g/mol. The van der Waals surface area contributed by atoms with Crippen molar-refractivity contribution in [3.05, 3.63) is 0 Å². The van der Waals surface area contributed by atoms with Gasteiger partial charge in [0.05, 0.1) is 19.3 Å². The van der Waals surface area contributed by atoms with Crippen molar-refractivity contribution in [2.45, 2.75) is 39.3 Å². The van der Waals surface area contributed by atoms with Gasteiger partial charge in [-0.25, -0.2) is 4.79 Å². The van der Waals surface area contributed by atoms with E-state index in [2.05, 4.69) is 5.32 Å². The molecule has 2 N–H and O–H groups in total. The second kappa shape index (κ2) is 6.63. The lowest BCUT2D eigenvalue weighted by atomic mass is 10.1. The highest BCUT2D eigenvalue weighted by molar-refractivity contribution is 5.68. The van der Waals surface area contributed by atoms with E-state index in [9.17, 15) is 4.79 Å². The number of amides is 1. The van der Waals surface area contributed by atoms with Crippen LogP contribution in [0.4, 0.5) is 4.79 Å². The maximum Gasteiger partial charge on any atom is 0.407 e. The Morgan fingerprint density at radius 1 is 1.47 bits per heavy atom. The van der Waals surface area contributed by atoms with Crippen molar-refractivity contribution in [2.75, 3.05) is 19.8 Å². The van der Waals surface area contributed by atoms with Gasteiger partial charge in [0.2, 0.25) is 0 Å². The summed E-state index contributed by atoms with van der Waals surface area (Å²) in [7, 11) is 0. The van der Waals surface area contributed by atoms with Crippen LogP contribution in [-0.2, 0) is 9.47 Å². The first-order valence-electron chi connectivity index (χ1n) is 5.02. The molecular weight excluding hydrogens is 198 g/mol. The summed E-state index contributed by atoms with van der Waals surface area (Å²) >= 11 is 0. The lowest BCUT2D eigenvalue weighted by molar-refractivity contribution is -0.000118. The summed E-state index contributed by atoms with van der Waals surface area (Å²) in [6.45, 7) is 7.81. The molecule has 5 nitrogen and oxygen atoms in total. The predicted molar refractivity (Wildman–Crippen MR) is 56.7 cm³/mol. The van der Waals surface area contributed by atoms with Gasteiger partial charge in [-0.05, 0) is 27.7 Å². The van der Waals surface area contributed by atoms with Gasteiger partial charge in [-0.2, -0.15) is 0 Å². The van der Waals surface area contributed by atoms with Crippen LogP contribution in [0.1, 0.15) is 27.7 Å². The van der Waals surface area contributed by atoms with Crippen LogP contribution in [0.3, 0.4) is 0 Å². The van der Waals surface area contributed by atoms with E-state index in [0.29, 0.717) is 0 Å². The van der Waals surface area contributed by atoms with E-state index in [1.807, 2.05) is 20.8 Å². The van der Waals surface area contributed by atoms with Crippen LogP contribution in [0.5, 0.6) is 0 Å². The van der Waals surface area contributed by atoms with Gasteiger partial charge >= 0.3 is 6.09 Å². The first-order valence-corrected chi connectivity index (χ1v) is 5.02. The highest BCUT2D eigenvalue weighted by atomic mass is 16.6. The second-order valence-corrected chi connectivity index (χ2v) is 4.38. The highest BCUT2D eigenvalue weighted by Gasteiger charge is 2.15. The largest absolute Gasteiger partial charge is 0.447 e. The van der Waals surface area contributed by atoms with E-state index in [-0.39, 0.29) is 31.5 Å². The molecule has 1 unspecified atom stereocenters. The van der Waals surface area contributed by atoms with Crippen LogP contribution in [0.25, 0.3) is 0 Å². The number of alkyl carbamates (subject to hydrolysis) is 1. The Morgan fingerprint density at radius 2 is 2.07 bits per heavy atom. The number of ether oxygens (including phenoxy) is 2. The molecule has 0 saturated carbocycles. The molecule has 0 rings (SSSR count). The van der Waals surface area contributed by atoms with E-state index >= 15 is 0 Å². The van der Waals surface area contributed by atoms with E-state index in [1.165, 1.54) is 0 Å². The van der Waals surface area contributed by atoms with Gasteiger partial charge in [0.25, 0.3) is 0 Å². The van der Waals surface area contributed by atoms with Crippen molar-refractivity contribution in [3.63, 3.8) is 0 Å². The summed E-state index contributed by atoms with van der Waals surface area (Å²) < 4.78 is 10.0. The Morgan fingerprint density at radius 3 is 2.53 bits per heavy atom. The van der Waals surface area contributed by atoms with Crippen LogP contribution < -0.4 is 5.32 Å². The zero-order valence-electron chi connectivity index (χ0n) is 9.87. The molecule has 0 spiro atoms. The van der Waals surface area contributed by atoms with Crippen molar-refractivity contribution in [3.8, 4) is 0 Å². The molecule has 0 aromatic heterocycles. The predicted octanol–water partition coefficient (Wildman–Crippen LogP) is 0.908. The van der Waals surface area contributed by atoms with Crippen molar-refractivity contribution < 1.29 is 19.4 Å². The van der Waals surface area contributed by atoms with Gasteiger partial charge in [0.15, 0.2) is 0 Å². The minimum absolute atomic E-state index is 0.0292. The van der Waals surface area contributed by atoms with Crippen molar-refractivity contribution >= 4 is 6.09 Å². The van der Waals surface area contributed by atoms with Gasteiger partial charge in [0, 0.05) is 5.54 Å². The number of carbonyl (C=O) groups is 1. The molecule has 0 aromatic carbocycles. The molecule has 90 valence electrons. The van der Waals surface area contributed by atoms with Crippen molar-refractivity contribution in [1.82, 2.24) is 5.32 Å². The fraction of sp³-hybridized carbons (Fsp3) is 0.900. The summed E-state index contributed by atoms with van der Waals surface area (Å²) in [6, 6.07) is 0. The summed E-state index contributed by atoms with van der Waals surface area (Å²) in [5, 5.41) is 11.2. The highest BCUT2D eigenvalue weighted by Crippen LogP contribution is 1.99. The molecule has 0 aliphatic heterocycles. The number of rotatable bonds is 5. The van der Waals surface area contributed by atoms with Gasteiger partial charge in [0.1, 0.15) is 6.61 Å². The molecular formula is C10H21NO4. The third-order valence-corrected chi connectivity index (χ3v) is 1.42. The van der Waals surface area contributed by atoms with Gasteiger partial charge < -0.3 is 19.9 Å². The van der Waals surface area contributed by atoms with Crippen LogP contribution >= 0.6 is 0 Å². The molecule has 0 aromatic rings. The van der Waals surface area contributed by atoms with Crippen molar-refractivity contribution in [2.24, 2.45) is 0 Å². The minimum Gasteiger partial charge on any atom is -0.447 e. The Labute approximate surface area is 90.8 Å². The molecule has 0 radical (unpaired) electrons. The standard InChI is InChI=1S/C10H21NO4/c1-8(14-6-5-12)7-15-9(13)11-10(2,3)4/h8,12H,5-7H2,1-4H3,(H,11,13). The van der Waals surface area contributed by atoms with Crippen LogP contribution in [-0.4, -0.2) is 42.7 Å². The summed E-state index contributed by atoms with van der Waals surface area (Å²) in [6.07, 6.45) is -0.662. The molecule has 1 amide bonds. The Hall–Kier alpha value is -0.810. The van der Waals surface area contributed by atoms with Gasteiger partial charge in [-0.3, -0.25) is 0 Å². The topological polar surface area (TPSA) is 67.8 Å². The zero-order valence-corrected chi connectivity index (χ0v) is 9.87. The first kappa shape index (κ1) is 14.2. The lowest BCUT2D eigenvalue weighted by Crippen LogP contribution is -2.41. The number of hydrogen-bond donors (Lipinski definition) is 2. The molecule has 0 saturated heterocycles. The molecule has 0 heterocycles. The third kappa shape index (κ3) is 9.49. The zero-order chi connectivity index (χ0) is 11.9. The van der Waals surface area contributed by atoms with E-state index in [1.54, 1.807) is 6.92 Å². The van der Waals surface area contributed by atoms with E-state index in [4.69, 9.17) is 14.6 Å². The quantitative estimate of drug-likeness (QED) is 0.721. The maximum absolute atomic E-state index is 11.2. The monoisotopic (exact) mass is 219 g/mol. The summed E-state index contributed by atoms with van der Waals surface area (Å²) in [4.78, 5) is 11.2. The Balaban J connectivity index is 3.62. The summed E-state index contributed by atoms with van der Waals surface area (Å²) in [5.74, 6) is 0. The number of aliphatic hydroxyl groups excluding tert-OH is 1. The molecule has 0 aliphatic carbocycles. The molecule has 0 bridgehead atoms. The smallest absolute Gasteiger partial charge is 0.407 e. The van der Waals surface area contributed by atoms with Crippen LogP contribution in [0.15, 0.2) is 0 Å². The lowest BCUT2D eigenvalue weighted by Gasteiger charge is -2.21. The SMILES string of the molecule is CC(COC(=O)NC(C)(C)C)OCCO. The summed E-state index contributed by atoms with van der Waals surface area (Å²) in [5.41, 5.74) is -0.299. The third-order valence-electron chi connectivity index (χ3n) is 1.42. The molecule has 0 aliphatic rings. The normalized spacial score (nSPS) is 13.4. The van der Waals surface area contributed by atoms with Gasteiger partial charge in [-0.1, -0.05) is 0 Å². The fourth-order valence-corrected chi connectivity index (χ4v) is 0.837. The number of nitrogens with one attached hydrogen (secondary N) is 1. The Bertz CT molecular complexity index is 188. The fourth-order valence-electron chi connectivity index (χ4n) is 0.837. The maximum atomic E-state index is 11.2. The van der Waals surface area contributed by atoms with Crippen LogP contribution in [0, 0.1) is 0 Å². The Kier molecular flexibility index (Phi) is 6.27. The molecule has 5 heteroatoms. The molecule has 1 atom stereocenters. The van der Waals surface area contributed by atoms with Crippen LogP contribution in [0.2, 0.25) is 0 Å².